The summed E-state index contributed by atoms with van der Waals surface area (Å²) >= 11 is 6.32. The Labute approximate surface area is 93.9 Å². The lowest BCUT2D eigenvalue weighted by Gasteiger charge is -2.23. The summed E-state index contributed by atoms with van der Waals surface area (Å²) < 4.78 is 0. The molecule has 3 heteroatoms. The summed E-state index contributed by atoms with van der Waals surface area (Å²) in [5.74, 6) is 0. The zero-order valence-electron chi connectivity index (χ0n) is 8.84. The highest BCUT2D eigenvalue weighted by Crippen LogP contribution is 2.34. The van der Waals surface area contributed by atoms with Crippen molar-refractivity contribution in [3.05, 3.63) is 35.0 Å². The second-order valence-electron chi connectivity index (χ2n) is 4.41. The van der Waals surface area contributed by atoms with Gasteiger partial charge in [-0.05, 0) is 17.7 Å². The van der Waals surface area contributed by atoms with E-state index in [0.29, 0.717) is 0 Å². The van der Waals surface area contributed by atoms with Gasteiger partial charge < -0.3 is 10.1 Å². The summed E-state index contributed by atoms with van der Waals surface area (Å²) in [6.07, 6.45) is 1.87. The molecule has 0 amide bonds. The molecule has 1 heterocycles. The highest BCUT2D eigenvalue weighted by atomic mass is 35.5. The maximum Gasteiger partial charge on any atom is 0.0538 e. The van der Waals surface area contributed by atoms with Crippen LogP contribution in [0.15, 0.2) is 24.4 Å². The van der Waals surface area contributed by atoms with Crippen molar-refractivity contribution in [3.63, 3.8) is 0 Å². The van der Waals surface area contributed by atoms with Gasteiger partial charge in [-0.25, -0.2) is 0 Å². The van der Waals surface area contributed by atoms with Crippen LogP contribution >= 0.6 is 11.6 Å². The molecule has 0 aliphatic carbocycles. The van der Waals surface area contributed by atoms with Gasteiger partial charge in [0.2, 0.25) is 0 Å². The normalized spacial score (nSPS) is 12.3. The van der Waals surface area contributed by atoms with Gasteiger partial charge in [0, 0.05) is 22.5 Å². The second-order valence-corrected chi connectivity index (χ2v) is 4.79. The lowest BCUT2D eigenvalue weighted by molar-refractivity contribution is 0.218. The van der Waals surface area contributed by atoms with Crippen LogP contribution in [0.1, 0.15) is 19.4 Å². The number of rotatable bonds is 2. The van der Waals surface area contributed by atoms with Crippen LogP contribution in [0.5, 0.6) is 0 Å². The third kappa shape index (κ3) is 1.64. The van der Waals surface area contributed by atoms with Crippen LogP contribution in [0.3, 0.4) is 0 Å². The Morgan fingerprint density at radius 2 is 2.07 bits per heavy atom. The predicted octanol–water partition coefficient (Wildman–Crippen LogP) is 3.09. The third-order valence-electron chi connectivity index (χ3n) is 2.79. The minimum Gasteiger partial charge on any atom is -0.395 e. The second kappa shape index (κ2) is 3.54. The molecule has 0 saturated heterocycles. The molecular weight excluding hydrogens is 210 g/mol. The number of halogens is 1. The van der Waals surface area contributed by atoms with Crippen LogP contribution < -0.4 is 0 Å². The van der Waals surface area contributed by atoms with Crippen LogP contribution in [0.25, 0.3) is 10.9 Å². The minimum atomic E-state index is -0.303. The van der Waals surface area contributed by atoms with E-state index in [9.17, 15) is 5.11 Å². The maximum atomic E-state index is 9.33. The molecule has 1 aromatic carbocycles. The van der Waals surface area contributed by atoms with Crippen LogP contribution in [-0.2, 0) is 5.41 Å². The molecule has 0 atom stereocenters. The number of fused-ring (bicyclic) bond motifs is 1. The van der Waals surface area contributed by atoms with Gasteiger partial charge in [-0.1, -0.05) is 31.5 Å². The van der Waals surface area contributed by atoms with E-state index in [4.69, 9.17) is 11.6 Å². The molecule has 0 aliphatic rings. The Kier molecular flexibility index (Phi) is 2.49. The molecule has 0 saturated carbocycles. The standard InChI is InChI=1S/C12H14ClNO/c1-12(2,7-15)9-3-4-10-8(11(9)13)5-6-14-10/h3-6,14-15H,7H2,1-2H3. The number of aliphatic hydroxyl groups excluding tert-OH is 1. The molecule has 2 aromatic rings. The maximum absolute atomic E-state index is 9.33. The summed E-state index contributed by atoms with van der Waals surface area (Å²) in [7, 11) is 0. The van der Waals surface area contributed by atoms with Crippen molar-refractivity contribution in [2.75, 3.05) is 6.61 Å². The van der Waals surface area contributed by atoms with Gasteiger partial charge in [0.05, 0.1) is 11.6 Å². The molecule has 0 spiro atoms. The summed E-state index contributed by atoms with van der Waals surface area (Å²) in [5.41, 5.74) is 1.71. The Morgan fingerprint density at radius 1 is 1.33 bits per heavy atom. The van der Waals surface area contributed by atoms with E-state index in [0.717, 1.165) is 21.5 Å². The number of hydrogen-bond acceptors (Lipinski definition) is 1. The number of hydrogen-bond donors (Lipinski definition) is 2. The van der Waals surface area contributed by atoms with Gasteiger partial charge in [0.15, 0.2) is 0 Å². The molecule has 1 aromatic heterocycles. The van der Waals surface area contributed by atoms with Gasteiger partial charge in [0.1, 0.15) is 0 Å². The topological polar surface area (TPSA) is 36.0 Å². The minimum absolute atomic E-state index is 0.0860. The van der Waals surface area contributed by atoms with Crippen molar-refractivity contribution >= 4 is 22.5 Å². The fourth-order valence-corrected chi connectivity index (χ4v) is 2.19. The van der Waals surface area contributed by atoms with Gasteiger partial charge in [-0.3, -0.25) is 0 Å². The van der Waals surface area contributed by atoms with Gasteiger partial charge in [-0.2, -0.15) is 0 Å². The number of aromatic amines is 1. The highest BCUT2D eigenvalue weighted by Gasteiger charge is 2.23. The van der Waals surface area contributed by atoms with E-state index in [1.54, 1.807) is 0 Å². The van der Waals surface area contributed by atoms with Crippen molar-refractivity contribution in [2.45, 2.75) is 19.3 Å². The average molecular weight is 224 g/mol. The third-order valence-corrected chi connectivity index (χ3v) is 3.20. The van der Waals surface area contributed by atoms with Gasteiger partial charge >= 0.3 is 0 Å². The molecule has 0 bridgehead atoms. The molecule has 15 heavy (non-hydrogen) atoms. The highest BCUT2D eigenvalue weighted by molar-refractivity contribution is 6.36. The quantitative estimate of drug-likeness (QED) is 0.807. The fraction of sp³-hybridized carbons (Fsp3) is 0.333. The van der Waals surface area contributed by atoms with Gasteiger partial charge in [0.25, 0.3) is 0 Å². The first-order valence-corrected chi connectivity index (χ1v) is 5.31. The summed E-state index contributed by atoms with van der Waals surface area (Å²) in [5, 5.41) is 11.1. The average Bonchev–Trinajstić information content (AvgIpc) is 2.66. The summed E-state index contributed by atoms with van der Waals surface area (Å²) in [6, 6.07) is 5.92. The molecule has 0 fully saturated rings. The van der Waals surface area contributed by atoms with Crippen molar-refractivity contribution in [2.24, 2.45) is 0 Å². The number of aromatic nitrogens is 1. The van der Waals surface area contributed by atoms with Gasteiger partial charge in [-0.15, -0.1) is 0 Å². The Hall–Kier alpha value is -0.990. The molecule has 80 valence electrons. The number of benzene rings is 1. The van der Waals surface area contributed by atoms with E-state index in [1.165, 1.54) is 0 Å². The Morgan fingerprint density at radius 3 is 2.73 bits per heavy atom. The van der Waals surface area contributed by atoms with E-state index < -0.39 is 0 Å². The molecule has 0 unspecified atom stereocenters. The number of nitrogens with one attached hydrogen (secondary N) is 1. The summed E-state index contributed by atoms with van der Waals surface area (Å²) in [6.45, 7) is 4.04. The largest absolute Gasteiger partial charge is 0.395 e. The summed E-state index contributed by atoms with van der Waals surface area (Å²) in [4.78, 5) is 3.11. The van der Waals surface area contributed by atoms with E-state index in [2.05, 4.69) is 4.98 Å². The zero-order valence-corrected chi connectivity index (χ0v) is 9.60. The van der Waals surface area contributed by atoms with E-state index in [-0.39, 0.29) is 12.0 Å². The molecule has 0 aliphatic heterocycles. The monoisotopic (exact) mass is 223 g/mol. The van der Waals surface area contributed by atoms with Crippen molar-refractivity contribution < 1.29 is 5.11 Å². The molecular formula is C12H14ClNO. The molecule has 2 rings (SSSR count). The van der Waals surface area contributed by atoms with E-state index >= 15 is 0 Å². The zero-order chi connectivity index (χ0) is 11.1. The Balaban J connectivity index is 2.67. The lowest BCUT2D eigenvalue weighted by Crippen LogP contribution is -2.22. The lowest BCUT2D eigenvalue weighted by atomic mass is 9.85. The molecule has 0 radical (unpaired) electrons. The number of aliphatic hydroxyl groups is 1. The Bertz CT molecular complexity index is 487. The van der Waals surface area contributed by atoms with Crippen molar-refractivity contribution in [3.8, 4) is 0 Å². The van der Waals surface area contributed by atoms with Crippen molar-refractivity contribution in [1.29, 1.82) is 0 Å². The van der Waals surface area contributed by atoms with Crippen molar-refractivity contribution in [1.82, 2.24) is 4.98 Å². The first-order valence-electron chi connectivity index (χ1n) is 4.93. The van der Waals surface area contributed by atoms with Crippen LogP contribution in [-0.4, -0.2) is 16.7 Å². The molecule has 2 N–H and O–H groups in total. The smallest absolute Gasteiger partial charge is 0.0538 e. The first kappa shape index (κ1) is 10.5. The van der Waals surface area contributed by atoms with E-state index in [1.807, 2.05) is 38.2 Å². The fourth-order valence-electron chi connectivity index (χ4n) is 1.70. The predicted molar refractivity (Wildman–Crippen MR) is 63.4 cm³/mol. The SMILES string of the molecule is CC(C)(CO)c1ccc2[nH]ccc2c1Cl. The van der Waals surface area contributed by atoms with Crippen LogP contribution in [0.2, 0.25) is 5.02 Å². The van der Waals surface area contributed by atoms with Crippen LogP contribution in [0.4, 0.5) is 0 Å². The number of H-pyrrole nitrogens is 1. The molecule has 2 nitrogen and oxygen atoms in total. The van der Waals surface area contributed by atoms with Crippen LogP contribution in [0, 0.1) is 0 Å². The first-order chi connectivity index (χ1) is 7.06.